The summed E-state index contributed by atoms with van der Waals surface area (Å²) in [4.78, 5) is 4.10. The molecule has 3 aromatic rings. The van der Waals surface area contributed by atoms with E-state index in [1.807, 2.05) is 31.2 Å². The van der Waals surface area contributed by atoms with E-state index in [1.54, 1.807) is 0 Å². The molecule has 0 aliphatic carbocycles. The summed E-state index contributed by atoms with van der Waals surface area (Å²) in [6.45, 7) is 2.64. The first-order chi connectivity index (χ1) is 13.8. The Morgan fingerprint density at radius 2 is 1.97 bits per heavy atom. The first-order valence-electron chi connectivity index (χ1n) is 9.26. The number of aryl methyl sites for hydroxylation is 1. The van der Waals surface area contributed by atoms with Gasteiger partial charge in [-0.05, 0) is 31.4 Å². The van der Waals surface area contributed by atoms with Crippen molar-refractivity contribution in [3.8, 4) is 5.19 Å². The first kappa shape index (κ1) is 20.2. The molecule has 0 unspecified atom stereocenters. The molecule has 0 N–H and O–H groups in total. The molecule has 0 atom stereocenters. The number of rotatable bonds is 5. The lowest BCUT2D eigenvalue weighted by Gasteiger charge is -2.30. The summed E-state index contributed by atoms with van der Waals surface area (Å²) in [6.07, 6.45) is 0.813. The van der Waals surface area contributed by atoms with Crippen molar-refractivity contribution in [1.29, 1.82) is 0 Å². The monoisotopic (exact) mass is 438 g/mol. The molecule has 0 amide bonds. The van der Waals surface area contributed by atoms with Gasteiger partial charge >= 0.3 is 0 Å². The third-order valence-electron chi connectivity index (χ3n) is 4.89. The number of ether oxygens (including phenoxy) is 1. The van der Waals surface area contributed by atoms with Gasteiger partial charge < -0.3 is 4.74 Å². The van der Waals surface area contributed by atoms with E-state index in [2.05, 4.69) is 4.98 Å². The molecule has 4 rings (SSSR count). The highest BCUT2D eigenvalue weighted by Gasteiger charge is 2.29. The summed E-state index contributed by atoms with van der Waals surface area (Å²) in [7, 11) is -3.41. The fourth-order valence-electron chi connectivity index (χ4n) is 3.46. The number of hydrogen-bond acceptors (Lipinski definition) is 5. The molecule has 0 spiro atoms. The fraction of sp³-hybridized carbons (Fsp3) is 0.350. The Labute approximate surface area is 172 Å². The Balaban J connectivity index is 1.38. The maximum absolute atomic E-state index is 13.8. The highest BCUT2D eigenvalue weighted by molar-refractivity contribution is 7.88. The minimum atomic E-state index is -3.41. The topological polar surface area (TPSA) is 59.5 Å². The van der Waals surface area contributed by atoms with Crippen LogP contribution >= 0.6 is 11.3 Å². The van der Waals surface area contributed by atoms with Crippen molar-refractivity contribution < 1.29 is 21.9 Å². The van der Waals surface area contributed by atoms with E-state index < -0.39 is 21.7 Å². The lowest BCUT2D eigenvalue weighted by Crippen LogP contribution is -2.42. The lowest BCUT2D eigenvalue weighted by molar-refractivity contribution is 0.135. The second kappa shape index (κ2) is 7.97. The average Bonchev–Trinajstić information content (AvgIpc) is 3.04. The van der Waals surface area contributed by atoms with E-state index in [1.165, 1.54) is 10.4 Å². The number of benzene rings is 2. The molecular formula is C20H20F2N2O3S2. The van der Waals surface area contributed by atoms with Crippen LogP contribution < -0.4 is 4.74 Å². The van der Waals surface area contributed by atoms with Crippen LogP contribution in [0.2, 0.25) is 0 Å². The number of piperidine rings is 1. The van der Waals surface area contributed by atoms with E-state index in [9.17, 15) is 17.2 Å². The van der Waals surface area contributed by atoms with Crippen LogP contribution in [0, 0.1) is 18.6 Å². The van der Waals surface area contributed by atoms with Gasteiger partial charge in [0.15, 0.2) is 5.82 Å². The molecule has 29 heavy (non-hydrogen) atoms. The van der Waals surface area contributed by atoms with Crippen molar-refractivity contribution in [1.82, 2.24) is 9.29 Å². The number of sulfonamides is 1. The molecule has 1 fully saturated rings. The maximum atomic E-state index is 13.8. The first-order valence-corrected chi connectivity index (χ1v) is 11.7. The zero-order chi connectivity index (χ0) is 20.6. The molecule has 154 valence electrons. The number of fused-ring (bicyclic) bond motifs is 1. The summed E-state index contributed by atoms with van der Waals surface area (Å²) in [5, 5.41) is 0.269. The Morgan fingerprint density at radius 1 is 1.21 bits per heavy atom. The summed E-state index contributed by atoms with van der Waals surface area (Å²) in [5.74, 6) is -1.40. The van der Waals surface area contributed by atoms with Gasteiger partial charge in [-0.25, -0.2) is 21.5 Å². The van der Waals surface area contributed by atoms with Gasteiger partial charge in [-0.15, -0.1) is 0 Å². The zero-order valence-electron chi connectivity index (χ0n) is 15.8. The van der Waals surface area contributed by atoms with Crippen molar-refractivity contribution in [2.24, 2.45) is 0 Å². The minimum absolute atomic E-state index is 0.0249. The molecular weight excluding hydrogens is 418 g/mol. The Kier molecular flexibility index (Phi) is 5.54. The van der Waals surface area contributed by atoms with Crippen molar-refractivity contribution in [3.05, 3.63) is 59.2 Å². The molecule has 0 radical (unpaired) electrons. The second-order valence-electron chi connectivity index (χ2n) is 7.18. The van der Waals surface area contributed by atoms with Crippen molar-refractivity contribution in [2.45, 2.75) is 31.6 Å². The van der Waals surface area contributed by atoms with Gasteiger partial charge in [0.1, 0.15) is 17.4 Å². The summed E-state index contributed by atoms with van der Waals surface area (Å²) in [6, 6.07) is 9.50. The fourth-order valence-corrected chi connectivity index (χ4v) is 5.93. The van der Waals surface area contributed by atoms with Crippen LogP contribution in [0.4, 0.5) is 8.78 Å². The Hall–Kier alpha value is -2.10. The van der Waals surface area contributed by atoms with Crippen LogP contribution in [0.5, 0.6) is 5.19 Å². The molecule has 0 bridgehead atoms. The van der Waals surface area contributed by atoms with E-state index >= 15 is 0 Å². The smallest absolute Gasteiger partial charge is 0.274 e. The quantitative estimate of drug-likeness (QED) is 0.597. The van der Waals surface area contributed by atoms with Crippen LogP contribution in [-0.4, -0.2) is 36.9 Å². The van der Waals surface area contributed by atoms with E-state index in [4.69, 9.17) is 4.74 Å². The number of hydrogen-bond donors (Lipinski definition) is 0. The van der Waals surface area contributed by atoms with Crippen molar-refractivity contribution in [2.75, 3.05) is 13.1 Å². The van der Waals surface area contributed by atoms with Gasteiger partial charge in [-0.1, -0.05) is 41.2 Å². The third-order valence-corrected chi connectivity index (χ3v) is 7.63. The van der Waals surface area contributed by atoms with Gasteiger partial charge in [-0.2, -0.15) is 4.98 Å². The highest BCUT2D eigenvalue weighted by atomic mass is 32.2. The lowest BCUT2D eigenvalue weighted by atomic mass is 10.1. The molecule has 1 aliphatic heterocycles. The van der Waals surface area contributed by atoms with E-state index in [-0.39, 0.29) is 22.6 Å². The van der Waals surface area contributed by atoms with Gasteiger partial charge in [0.25, 0.3) is 5.19 Å². The van der Waals surface area contributed by atoms with Gasteiger partial charge in [0, 0.05) is 19.2 Å². The molecule has 9 heteroatoms. The molecule has 1 aromatic heterocycles. The van der Waals surface area contributed by atoms with Gasteiger partial charge in [-0.3, -0.25) is 0 Å². The standard InChI is InChI=1S/C20H20F2N2O3S2/c1-13-3-2-4-14(9-13)12-29(25,26)24-7-5-16(6-8-24)27-20-23-19-17(22)10-15(21)11-18(19)28-20/h2-4,9-11,16H,5-8,12H2,1H3. The van der Waals surface area contributed by atoms with Crippen LogP contribution in [0.1, 0.15) is 24.0 Å². The van der Waals surface area contributed by atoms with Crippen molar-refractivity contribution >= 4 is 31.6 Å². The highest BCUT2D eigenvalue weighted by Crippen LogP contribution is 2.32. The van der Waals surface area contributed by atoms with Crippen molar-refractivity contribution in [3.63, 3.8) is 0 Å². The second-order valence-corrected chi connectivity index (χ2v) is 10.1. The summed E-state index contributed by atoms with van der Waals surface area (Å²) >= 11 is 1.08. The van der Waals surface area contributed by atoms with Gasteiger partial charge in [0.05, 0.1) is 10.5 Å². The Morgan fingerprint density at radius 3 is 2.69 bits per heavy atom. The molecule has 5 nitrogen and oxygen atoms in total. The molecule has 1 saturated heterocycles. The maximum Gasteiger partial charge on any atom is 0.274 e. The summed E-state index contributed by atoms with van der Waals surface area (Å²) < 4.78 is 60.3. The number of halogens is 2. The number of nitrogens with zero attached hydrogens (tertiary/aromatic N) is 2. The molecule has 1 aliphatic rings. The number of aromatic nitrogens is 1. The summed E-state index contributed by atoms with van der Waals surface area (Å²) in [5.41, 5.74) is 1.88. The third kappa shape index (κ3) is 4.57. The molecule has 2 aromatic carbocycles. The Bertz CT molecular complexity index is 1140. The van der Waals surface area contributed by atoms with E-state index in [0.29, 0.717) is 30.6 Å². The largest absolute Gasteiger partial charge is 0.467 e. The van der Waals surface area contributed by atoms with Crippen LogP contribution in [0.15, 0.2) is 36.4 Å². The van der Waals surface area contributed by atoms with Gasteiger partial charge in [0.2, 0.25) is 10.0 Å². The van der Waals surface area contributed by atoms with E-state index in [0.717, 1.165) is 28.5 Å². The molecule has 0 saturated carbocycles. The average molecular weight is 439 g/mol. The molecule has 2 heterocycles. The van der Waals surface area contributed by atoms with Crippen LogP contribution in [-0.2, 0) is 15.8 Å². The predicted molar refractivity (Wildman–Crippen MR) is 109 cm³/mol. The normalized spacial score (nSPS) is 16.4. The SMILES string of the molecule is Cc1cccc(CS(=O)(=O)N2CCC(Oc3nc4c(F)cc(F)cc4s3)CC2)c1. The number of thiazole rings is 1. The zero-order valence-corrected chi connectivity index (χ0v) is 17.4. The predicted octanol–water partition coefficient (Wildman–Crippen LogP) is 4.26. The van der Waals surface area contributed by atoms with Crippen LogP contribution in [0.25, 0.3) is 10.2 Å². The van der Waals surface area contributed by atoms with Crippen LogP contribution in [0.3, 0.4) is 0 Å². The minimum Gasteiger partial charge on any atom is -0.467 e.